The lowest BCUT2D eigenvalue weighted by Crippen LogP contribution is -2.42. The minimum absolute atomic E-state index is 0.0102. The molecule has 0 amide bonds. The summed E-state index contributed by atoms with van der Waals surface area (Å²) in [5.74, 6) is -0.565. The Hall–Kier alpha value is -3.34. The second-order valence-electron chi connectivity index (χ2n) is 8.38. The molecule has 3 aromatic carbocycles. The van der Waals surface area contributed by atoms with Crippen molar-refractivity contribution in [2.24, 2.45) is 0 Å². The minimum atomic E-state index is -0.646. The number of rotatable bonds is 3. The lowest BCUT2D eigenvalue weighted by atomic mass is 9.73. The first kappa shape index (κ1) is 22.5. The van der Waals surface area contributed by atoms with Gasteiger partial charge in [-0.25, -0.2) is 0 Å². The molecular weight excluding hydrogens is 467 g/mol. The van der Waals surface area contributed by atoms with Gasteiger partial charge in [0.2, 0.25) is 0 Å². The molecule has 1 aliphatic heterocycles. The van der Waals surface area contributed by atoms with E-state index in [1.807, 2.05) is 48.5 Å². The Balaban J connectivity index is 1.84. The highest BCUT2D eigenvalue weighted by Gasteiger charge is 2.43. The normalized spacial score (nSPS) is 19.8. The van der Waals surface area contributed by atoms with E-state index in [4.69, 9.17) is 23.2 Å². The maximum absolute atomic E-state index is 13.4. The van der Waals surface area contributed by atoms with Crippen molar-refractivity contribution in [1.82, 2.24) is 0 Å². The maximum atomic E-state index is 13.4. The van der Waals surface area contributed by atoms with Crippen molar-refractivity contribution in [3.8, 4) is 0 Å². The van der Waals surface area contributed by atoms with Gasteiger partial charge in [0, 0.05) is 50.5 Å². The fraction of sp³-hybridized carbons (Fsp3) is 0.143. The zero-order chi connectivity index (χ0) is 23.8. The molecule has 0 saturated carbocycles. The van der Waals surface area contributed by atoms with Crippen LogP contribution in [0.2, 0.25) is 10.0 Å². The van der Waals surface area contributed by atoms with Crippen molar-refractivity contribution in [1.29, 1.82) is 5.41 Å². The number of carbonyl (C=O) groups excluding carboxylic acids is 1. The lowest BCUT2D eigenvalue weighted by molar-refractivity contribution is -0.116. The molecule has 2 N–H and O–H groups in total. The number of amidine groups is 1. The van der Waals surface area contributed by atoms with Crippen molar-refractivity contribution in [3.05, 3.63) is 117 Å². The second-order valence-corrected chi connectivity index (χ2v) is 9.22. The van der Waals surface area contributed by atoms with E-state index >= 15 is 0 Å². The molecular formula is C28H22Cl2N2O2. The number of nitrogens with one attached hydrogen (secondary N) is 1. The number of aliphatic hydroxyl groups excluding tert-OH is 1. The highest BCUT2D eigenvalue weighted by Crippen LogP contribution is 2.49. The summed E-state index contributed by atoms with van der Waals surface area (Å²) in [6.07, 6.45) is 1.77. The molecule has 3 aromatic rings. The number of Topliss-reactive ketones (excluding diaryl/α,β-unsaturated/α-hetero) is 1. The fourth-order valence-corrected chi connectivity index (χ4v) is 5.21. The number of aliphatic hydroxyl groups is 1. The van der Waals surface area contributed by atoms with Crippen LogP contribution in [0.25, 0.3) is 5.76 Å². The summed E-state index contributed by atoms with van der Waals surface area (Å²) in [5.41, 5.74) is 3.70. The van der Waals surface area contributed by atoms with Crippen LogP contribution in [0.15, 0.2) is 95.7 Å². The highest BCUT2D eigenvalue weighted by atomic mass is 35.5. The Kier molecular flexibility index (Phi) is 6.03. The minimum Gasteiger partial charge on any atom is -0.507 e. The molecule has 0 bridgehead atoms. The molecule has 0 unspecified atom stereocenters. The molecule has 0 aromatic heterocycles. The molecule has 34 heavy (non-hydrogen) atoms. The number of ketones is 1. The summed E-state index contributed by atoms with van der Waals surface area (Å²) in [5, 5.41) is 21.9. The number of nitrogens with zero attached hydrogens (tertiary/aromatic N) is 1. The quantitative estimate of drug-likeness (QED) is 0.374. The number of carbonyl (C=O) groups is 1. The SMILES string of the molecule is N=C1C(=C(O)c2ccccc2)[C@H](c2ccccc2Cl)C2=C(CCCC2=O)N1c1ccc(Cl)cc1. The molecule has 170 valence electrons. The largest absolute Gasteiger partial charge is 0.507 e. The second kappa shape index (κ2) is 9.13. The molecule has 0 saturated heterocycles. The van der Waals surface area contributed by atoms with Crippen LogP contribution in [-0.4, -0.2) is 16.7 Å². The maximum Gasteiger partial charge on any atom is 0.161 e. The summed E-state index contributed by atoms with van der Waals surface area (Å²) < 4.78 is 0. The molecule has 0 radical (unpaired) electrons. The molecule has 6 heteroatoms. The predicted octanol–water partition coefficient (Wildman–Crippen LogP) is 7.55. The van der Waals surface area contributed by atoms with E-state index in [1.165, 1.54) is 0 Å². The summed E-state index contributed by atoms with van der Waals surface area (Å²) >= 11 is 12.8. The van der Waals surface area contributed by atoms with Gasteiger partial charge in [-0.15, -0.1) is 0 Å². The Morgan fingerprint density at radius 1 is 0.912 bits per heavy atom. The van der Waals surface area contributed by atoms with Gasteiger partial charge >= 0.3 is 0 Å². The summed E-state index contributed by atoms with van der Waals surface area (Å²) in [6.45, 7) is 0. The van der Waals surface area contributed by atoms with Crippen LogP contribution in [0, 0.1) is 5.41 Å². The lowest BCUT2D eigenvalue weighted by Gasteiger charge is -2.42. The van der Waals surface area contributed by atoms with Gasteiger partial charge in [0.15, 0.2) is 5.78 Å². The van der Waals surface area contributed by atoms with E-state index in [1.54, 1.807) is 35.2 Å². The van der Waals surface area contributed by atoms with Crippen LogP contribution in [-0.2, 0) is 4.79 Å². The molecule has 5 rings (SSSR count). The topological polar surface area (TPSA) is 64.4 Å². The zero-order valence-corrected chi connectivity index (χ0v) is 19.8. The average Bonchev–Trinajstić information content (AvgIpc) is 2.85. The van der Waals surface area contributed by atoms with Gasteiger partial charge in [-0.05, 0) is 48.7 Å². The van der Waals surface area contributed by atoms with Crippen LogP contribution >= 0.6 is 23.2 Å². The van der Waals surface area contributed by atoms with Gasteiger partial charge in [0.1, 0.15) is 11.6 Å². The van der Waals surface area contributed by atoms with Crippen LogP contribution in [0.5, 0.6) is 0 Å². The van der Waals surface area contributed by atoms with Gasteiger partial charge < -0.3 is 5.11 Å². The van der Waals surface area contributed by atoms with Gasteiger partial charge in [-0.2, -0.15) is 0 Å². The number of hydrogen-bond acceptors (Lipinski definition) is 3. The molecule has 2 aliphatic rings. The van der Waals surface area contributed by atoms with Crippen molar-refractivity contribution in [3.63, 3.8) is 0 Å². The number of anilines is 1. The number of benzene rings is 3. The molecule has 1 heterocycles. The molecule has 1 aliphatic carbocycles. The first-order valence-corrected chi connectivity index (χ1v) is 11.9. The molecule has 0 fully saturated rings. The highest BCUT2D eigenvalue weighted by molar-refractivity contribution is 6.32. The van der Waals surface area contributed by atoms with Crippen LogP contribution in [0.4, 0.5) is 5.69 Å². The Morgan fingerprint density at radius 3 is 2.29 bits per heavy atom. The van der Waals surface area contributed by atoms with Crippen molar-refractivity contribution in [2.45, 2.75) is 25.2 Å². The molecule has 1 atom stereocenters. The zero-order valence-electron chi connectivity index (χ0n) is 18.3. The van der Waals surface area contributed by atoms with E-state index in [0.29, 0.717) is 57.3 Å². The van der Waals surface area contributed by atoms with E-state index in [9.17, 15) is 15.3 Å². The van der Waals surface area contributed by atoms with Gasteiger partial charge in [-0.3, -0.25) is 15.1 Å². The smallest absolute Gasteiger partial charge is 0.161 e. The third-order valence-corrected chi connectivity index (χ3v) is 6.95. The average molecular weight is 489 g/mol. The first-order valence-electron chi connectivity index (χ1n) is 11.1. The van der Waals surface area contributed by atoms with E-state index < -0.39 is 5.92 Å². The predicted molar refractivity (Wildman–Crippen MR) is 138 cm³/mol. The monoisotopic (exact) mass is 488 g/mol. The van der Waals surface area contributed by atoms with E-state index in [-0.39, 0.29) is 17.4 Å². The third kappa shape index (κ3) is 3.83. The number of hydrogen-bond donors (Lipinski definition) is 2. The van der Waals surface area contributed by atoms with E-state index in [0.717, 1.165) is 5.70 Å². The van der Waals surface area contributed by atoms with Crippen LogP contribution < -0.4 is 4.90 Å². The number of halogens is 2. The van der Waals surface area contributed by atoms with E-state index in [2.05, 4.69) is 0 Å². The van der Waals surface area contributed by atoms with Crippen molar-refractivity contribution < 1.29 is 9.90 Å². The van der Waals surface area contributed by atoms with Crippen molar-refractivity contribution >= 4 is 46.3 Å². The standard InChI is InChI=1S/C28H22Cl2N2O2/c29-18-13-15-19(16-14-18)32-22-11-6-12-23(33)25(22)24(20-9-4-5-10-21(20)30)26(28(32)31)27(34)17-7-2-1-3-8-17/h1-5,7-10,13-16,24,31,34H,6,11-12H2/t24-/m1/s1. The first-order chi connectivity index (χ1) is 16.5. The Morgan fingerprint density at radius 2 is 1.59 bits per heavy atom. The Bertz CT molecular complexity index is 1340. The van der Waals surface area contributed by atoms with Crippen molar-refractivity contribution in [2.75, 3.05) is 4.90 Å². The van der Waals surface area contributed by atoms with Crippen LogP contribution in [0.3, 0.4) is 0 Å². The van der Waals surface area contributed by atoms with Gasteiger partial charge in [0.25, 0.3) is 0 Å². The molecule has 0 spiro atoms. The van der Waals surface area contributed by atoms with Crippen LogP contribution in [0.1, 0.15) is 36.3 Å². The Labute approximate surface area is 208 Å². The van der Waals surface area contributed by atoms with Gasteiger partial charge in [-0.1, -0.05) is 71.7 Å². The summed E-state index contributed by atoms with van der Waals surface area (Å²) in [7, 11) is 0. The summed E-state index contributed by atoms with van der Waals surface area (Å²) in [4.78, 5) is 15.2. The van der Waals surface area contributed by atoms with Gasteiger partial charge in [0.05, 0.1) is 0 Å². The molecule has 4 nitrogen and oxygen atoms in total. The number of allylic oxidation sites excluding steroid dienone is 2. The third-order valence-electron chi connectivity index (χ3n) is 6.36. The summed E-state index contributed by atoms with van der Waals surface area (Å²) in [6, 6.07) is 23.6. The fourth-order valence-electron chi connectivity index (χ4n) is 4.84.